The largest absolute Gasteiger partial charge is 0.507 e. The molecule has 104 valence electrons. The van der Waals surface area contributed by atoms with Gasteiger partial charge in [-0.15, -0.1) is 0 Å². The standard InChI is InChI=1S/C15H18N4O/c20-14-5-2-1-4-13(14)12-18-8-10-19(11-9-18)15-16-6-3-7-17-15/h1-7,20H,8-12H2/p+1. The van der Waals surface area contributed by atoms with E-state index in [1.54, 1.807) is 18.5 Å². The Balaban J connectivity index is 1.58. The molecule has 0 amide bonds. The molecule has 0 spiro atoms. The van der Waals surface area contributed by atoms with Gasteiger partial charge in [0.1, 0.15) is 12.3 Å². The highest BCUT2D eigenvalue weighted by atomic mass is 16.3. The SMILES string of the molecule is Oc1ccccc1C[NH+]1CCN(c2ncccn2)CC1. The van der Waals surface area contributed by atoms with Crippen LogP contribution in [0.1, 0.15) is 5.56 Å². The van der Waals surface area contributed by atoms with Gasteiger partial charge in [-0.25, -0.2) is 9.97 Å². The zero-order valence-corrected chi connectivity index (χ0v) is 11.4. The van der Waals surface area contributed by atoms with Crippen molar-refractivity contribution in [1.29, 1.82) is 0 Å². The van der Waals surface area contributed by atoms with Gasteiger partial charge in [0.05, 0.1) is 26.2 Å². The number of aromatic nitrogens is 2. The maximum atomic E-state index is 9.83. The van der Waals surface area contributed by atoms with Crippen molar-refractivity contribution >= 4 is 5.95 Å². The summed E-state index contributed by atoms with van der Waals surface area (Å²) in [6.07, 6.45) is 3.56. The monoisotopic (exact) mass is 271 g/mol. The summed E-state index contributed by atoms with van der Waals surface area (Å²) in [5.41, 5.74) is 1.02. The van der Waals surface area contributed by atoms with Crippen molar-refractivity contribution in [2.45, 2.75) is 6.54 Å². The molecule has 0 unspecified atom stereocenters. The number of para-hydroxylation sites is 1. The zero-order valence-electron chi connectivity index (χ0n) is 11.4. The molecule has 1 fully saturated rings. The minimum absolute atomic E-state index is 0.397. The first-order valence-electron chi connectivity index (χ1n) is 6.95. The number of nitrogens with zero attached hydrogens (tertiary/aromatic N) is 3. The summed E-state index contributed by atoms with van der Waals surface area (Å²) in [5, 5.41) is 9.83. The first-order valence-corrected chi connectivity index (χ1v) is 6.95. The van der Waals surface area contributed by atoms with Gasteiger partial charge in [0.25, 0.3) is 0 Å². The molecule has 1 saturated heterocycles. The number of hydrogen-bond acceptors (Lipinski definition) is 4. The quantitative estimate of drug-likeness (QED) is 0.830. The van der Waals surface area contributed by atoms with Crippen LogP contribution in [0.25, 0.3) is 0 Å². The van der Waals surface area contributed by atoms with Crippen LogP contribution >= 0.6 is 0 Å². The fourth-order valence-electron chi connectivity index (χ4n) is 2.58. The second kappa shape index (κ2) is 5.88. The molecule has 0 atom stereocenters. The number of aromatic hydroxyl groups is 1. The van der Waals surface area contributed by atoms with Crippen LogP contribution in [-0.4, -0.2) is 41.3 Å². The first-order chi connectivity index (χ1) is 9.83. The van der Waals surface area contributed by atoms with Crippen LogP contribution in [0, 0.1) is 0 Å². The average Bonchev–Trinajstić information content (AvgIpc) is 2.51. The minimum atomic E-state index is 0.397. The fourth-order valence-corrected chi connectivity index (χ4v) is 2.58. The molecule has 1 aliphatic heterocycles. The number of phenols is 1. The second-order valence-corrected chi connectivity index (χ2v) is 5.09. The van der Waals surface area contributed by atoms with Crippen molar-refractivity contribution in [2.24, 2.45) is 0 Å². The molecular formula is C15H19N4O+. The number of quaternary nitrogens is 1. The Kier molecular flexibility index (Phi) is 3.78. The Hall–Kier alpha value is -2.14. The Morgan fingerprint density at radius 1 is 1.05 bits per heavy atom. The van der Waals surface area contributed by atoms with E-state index in [0.717, 1.165) is 44.2 Å². The molecule has 0 saturated carbocycles. The van der Waals surface area contributed by atoms with Crippen molar-refractivity contribution in [3.8, 4) is 5.75 Å². The van der Waals surface area contributed by atoms with Crippen LogP contribution in [0.3, 0.4) is 0 Å². The van der Waals surface area contributed by atoms with Gasteiger partial charge in [-0.05, 0) is 18.2 Å². The Morgan fingerprint density at radius 3 is 2.45 bits per heavy atom. The number of phenolic OH excluding ortho intramolecular Hbond substituents is 1. The first kappa shape index (κ1) is 12.9. The van der Waals surface area contributed by atoms with Gasteiger partial charge in [0.15, 0.2) is 0 Å². The summed E-state index contributed by atoms with van der Waals surface area (Å²) in [6.45, 7) is 4.84. The van der Waals surface area contributed by atoms with Crippen molar-refractivity contribution in [1.82, 2.24) is 9.97 Å². The van der Waals surface area contributed by atoms with Crippen LogP contribution in [0.2, 0.25) is 0 Å². The van der Waals surface area contributed by atoms with Crippen LogP contribution in [0.4, 0.5) is 5.95 Å². The Morgan fingerprint density at radius 2 is 1.75 bits per heavy atom. The van der Waals surface area contributed by atoms with E-state index in [4.69, 9.17) is 0 Å². The molecule has 1 aromatic heterocycles. The predicted molar refractivity (Wildman–Crippen MR) is 76.8 cm³/mol. The van der Waals surface area contributed by atoms with Crippen LogP contribution in [0.15, 0.2) is 42.7 Å². The lowest BCUT2D eigenvalue weighted by atomic mass is 10.2. The molecule has 3 rings (SSSR count). The molecule has 5 nitrogen and oxygen atoms in total. The molecule has 2 heterocycles. The summed E-state index contributed by atoms with van der Waals surface area (Å²) in [5.74, 6) is 1.21. The van der Waals surface area contributed by atoms with E-state index in [0.29, 0.717) is 5.75 Å². The summed E-state index contributed by atoms with van der Waals surface area (Å²) < 4.78 is 0. The number of piperazine rings is 1. The second-order valence-electron chi connectivity index (χ2n) is 5.09. The van der Waals surface area contributed by atoms with Gasteiger partial charge in [0, 0.05) is 18.0 Å². The predicted octanol–water partition coefficient (Wildman–Crippen LogP) is 0.0873. The highest BCUT2D eigenvalue weighted by molar-refractivity contribution is 5.31. The van der Waals surface area contributed by atoms with Gasteiger partial charge in [-0.2, -0.15) is 0 Å². The van der Waals surface area contributed by atoms with Gasteiger partial charge in [-0.1, -0.05) is 12.1 Å². The smallest absolute Gasteiger partial charge is 0.225 e. The Bertz CT molecular complexity index is 553. The lowest BCUT2D eigenvalue weighted by Crippen LogP contribution is -3.13. The van der Waals surface area contributed by atoms with E-state index in [1.165, 1.54) is 4.90 Å². The van der Waals surface area contributed by atoms with E-state index in [-0.39, 0.29) is 0 Å². The Labute approximate surface area is 118 Å². The fraction of sp³-hybridized carbons (Fsp3) is 0.333. The number of nitrogens with one attached hydrogen (secondary N) is 1. The van der Waals surface area contributed by atoms with Crippen molar-refractivity contribution in [3.05, 3.63) is 48.3 Å². The number of anilines is 1. The van der Waals surface area contributed by atoms with E-state index >= 15 is 0 Å². The molecule has 20 heavy (non-hydrogen) atoms. The summed E-state index contributed by atoms with van der Waals surface area (Å²) in [7, 11) is 0. The van der Waals surface area contributed by atoms with Gasteiger partial charge < -0.3 is 14.9 Å². The molecule has 2 aromatic rings. The third kappa shape index (κ3) is 2.88. The highest BCUT2D eigenvalue weighted by Gasteiger charge is 2.22. The third-order valence-electron chi connectivity index (χ3n) is 3.74. The molecule has 1 aliphatic rings. The topological polar surface area (TPSA) is 53.7 Å². The van der Waals surface area contributed by atoms with Crippen LogP contribution in [0.5, 0.6) is 5.75 Å². The van der Waals surface area contributed by atoms with Crippen LogP contribution in [-0.2, 0) is 6.54 Å². The lowest BCUT2D eigenvalue weighted by Gasteiger charge is -2.32. The highest BCUT2D eigenvalue weighted by Crippen LogP contribution is 2.14. The van der Waals surface area contributed by atoms with E-state index in [9.17, 15) is 5.11 Å². The number of rotatable bonds is 3. The minimum Gasteiger partial charge on any atom is -0.507 e. The van der Waals surface area contributed by atoms with E-state index in [1.807, 2.05) is 24.3 Å². The summed E-state index contributed by atoms with van der Waals surface area (Å²) in [4.78, 5) is 12.3. The molecule has 0 bridgehead atoms. The van der Waals surface area contributed by atoms with Crippen molar-refractivity contribution in [3.63, 3.8) is 0 Å². The third-order valence-corrected chi connectivity index (χ3v) is 3.74. The summed E-state index contributed by atoms with van der Waals surface area (Å²) in [6, 6.07) is 9.42. The van der Waals surface area contributed by atoms with Crippen molar-refractivity contribution < 1.29 is 10.0 Å². The maximum Gasteiger partial charge on any atom is 0.225 e. The van der Waals surface area contributed by atoms with Gasteiger partial charge in [0.2, 0.25) is 5.95 Å². The average molecular weight is 271 g/mol. The van der Waals surface area contributed by atoms with Gasteiger partial charge >= 0.3 is 0 Å². The molecule has 0 aliphatic carbocycles. The van der Waals surface area contributed by atoms with Crippen LogP contribution < -0.4 is 9.80 Å². The zero-order chi connectivity index (χ0) is 13.8. The molecular weight excluding hydrogens is 252 g/mol. The molecule has 5 heteroatoms. The molecule has 2 N–H and O–H groups in total. The number of hydrogen-bond donors (Lipinski definition) is 2. The molecule has 0 radical (unpaired) electrons. The van der Waals surface area contributed by atoms with Crippen molar-refractivity contribution in [2.75, 3.05) is 31.1 Å². The molecule has 1 aromatic carbocycles. The van der Waals surface area contributed by atoms with E-state index in [2.05, 4.69) is 14.9 Å². The lowest BCUT2D eigenvalue weighted by molar-refractivity contribution is -0.914. The summed E-state index contributed by atoms with van der Waals surface area (Å²) >= 11 is 0. The number of benzene rings is 1. The maximum absolute atomic E-state index is 9.83. The van der Waals surface area contributed by atoms with Gasteiger partial charge in [-0.3, -0.25) is 0 Å². The van der Waals surface area contributed by atoms with E-state index < -0.39 is 0 Å². The normalized spacial score (nSPS) is 16.3.